The molecule has 2 N–H and O–H groups in total. The summed E-state index contributed by atoms with van der Waals surface area (Å²) in [6.45, 7) is 1.69. The second-order valence-corrected chi connectivity index (χ2v) is 4.44. The fourth-order valence-electron chi connectivity index (χ4n) is 1.89. The zero-order valence-electron chi connectivity index (χ0n) is 11.9. The van der Waals surface area contributed by atoms with Gasteiger partial charge in [0, 0.05) is 18.9 Å². The zero-order valence-corrected chi connectivity index (χ0v) is 11.9. The van der Waals surface area contributed by atoms with Crippen molar-refractivity contribution in [2.45, 2.75) is 6.92 Å². The lowest BCUT2D eigenvalue weighted by Gasteiger charge is -2.09. The van der Waals surface area contributed by atoms with Gasteiger partial charge in [-0.2, -0.15) is 9.67 Å². The number of hydrogen-bond donors (Lipinski definition) is 2. The smallest absolute Gasteiger partial charge is 0.229 e. The van der Waals surface area contributed by atoms with E-state index in [1.807, 2.05) is 0 Å². The van der Waals surface area contributed by atoms with Crippen LogP contribution in [0, 0.1) is 12.7 Å². The average Bonchev–Trinajstić information content (AvgIpc) is 2.95. The summed E-state index contributed by atoms with van der Waals surface area (Å²) in [6.07, 6.45) is 1.62. The molecule has 0 aliphatic heterocycles. The molecule has 0 radical (unpaired) electrons. The number of rotatable bonds is 4. The molecule has 0 bridgehead atoms. The van der Waals surface area contributed by atoms with Gasteiger partial charge in [-0.3, -0.25) is 0 Å². The minimum absolute atomic E-state index is 0.247. The van der Waals surface area contributed by atoms with E-state index >= 15 is 0 Å². The number of aryl methyl sites for hydroxylation is 1. The minimum Gasteiger partial charge on any atom is -0.373 e. The molecule has 0 amide bonds. The van der Waals surface area contributed by atoms with E-state index in [4.69, 9.17) is 0 Å². The van der Waals surface area contributed by atoms with Crippen LogP contribution in [0.5, 0.6) is 0 Å². The van der Waals surface area contributed by atoms with Gasteiger partial charge in [-0.1, -0.05) is 0 Å². The first-order valence-corrected chi connectivity index (χ1v) is 6.50. The lowest BCUT2D eigenvalue weighted by Crippen LogP contribution is -2.05. The van der Waals surface area contributed by atoms with Crippen LogP contribution in [0.4, 0.5) is 21.8 Å². The number of hydrogen-bond acceptors (Lipinski definition) is 7. The molecule has 0 aliphatic rings. The van der Waals surface area contributed by atoms with Gasteiger partial charge in [0.25, 0.3) is 0 Å². The third-order valence-electron chi connectivity index (χ3n) is 2.97. The van der Waals surface area contributed by atoms with Crippen LogP contribution in [-0.4, -0.2) is 37.2 Å². The summed E-state index contributed by atoms with van der Waals surface area (Å²) in [6, 6.07) is 6.26. The summed E-state index contributed by atoms with van der Waals surface area (Å²) in [5.74, 6) is 1.14. The molecule has 0 aliphatic carbocycles. The van der Waals surface area contributed by atoms with Crippen molar-refractivity contribution >= 4 is 17.5 Å². The Morgan fingerprint density at radius 1 is 1.23 bits per heavy atom. The highest BCUT2D eigenvalue weighted by molar-refractivity contribution is 5.58. The third kappa shape index (κ3) is 2.68. The van der Waals surface area contributed by atoms with Gasteiger partial charge in [0.1, 0.15) is 17.3 Å². The zero-order chi connectivity index (χ0) is 15.5. The normalized spacial score (nSPS) is 10.5. The Morgan fingerprint density at radius 2 is 2.09 bits per heavy atom. The summed E-state index contributed by atoms with van der Waals surface area (Å²) in [5.41, 5.74) is 0.872. The molecule has 3 rings (SSSR count). The molecule has 0 atom stereocenters. The molecular weight excluding hydrogens is 287 g/mol. The van der Waals surface area contributed by atoms with E-state index in [2.05, 4.69) is 36.1 Å². The monoisotopic (exact) mass is 300 g/mol. The molecule has 0 unspecified atom stereocenters. The Kier molecular flexibility index (Phi) is 3.60. The first-order valence-electron chi connectivity index (χ1n) is 6.50. The maximum atomic E-state index is 14.0. The number of benzene rings is 1. The second kappa shape index (κ2) is 5.72. The molecule has 8 nitrogen and oxygen atoms in total. The Labute approximate surface area is 125 Å². The molecule has 3 aromatic rings. The molecular formula is C13H13FN8. The van der Waals surface area contributed by atoms with Crippen molar-refractivity contribution in [2.24, 2.45) is 0 Å². The minimum atomic E-state index is -0.425. The van der Waals surface area contributed by atoms with Gasteiger partial charge in [0.15, 0.2) is 5.82 Å². The molecule has 22 heavy (non-hydrogen) atoms. The SMILES string of the molecule is CNc1ccnc(Nc2ccc(F)c(-n3nnnc3C)c2)n1. The summed E-state index contributed by atoms with van der Waals surface area (Å²) in [4.78, 5) is 8.36. The van der Waals surface area contributed by atoms with Crippen LogP contribution in [-0.2, 0) is 0 Å². The maximum Gasteiger partial charge on any atom is 0.229 e. The fraction of sp³-hybridized carbons (Fsp3) is 0.154. The molecule has 0 saturated heterocycles. The lowest BCUT2D eigenvalue weighted by atomic mass is 10.2. The van der Waals surface area contributed by atoms with Crippen LogP contribution < -0.4 is 10.6 Å². The average molecular weight is 300 g/mol. The van der Waals surface area contributed by atoms with Crippen molar-refractivity contribution < 1.29 is 4.39 Å². The fourth-order valence-corrected chi connectivity index (χ4v) is 1.89. The Balaban J connectivity index is 1.94. The summed E-state index contributed by atoms with van der Waals surface area (Å²) in [5, 5.41) is 17.0. The largest absolute Gasteiger partial charge is 0.373 e. The molecule has 2 heterocycles. The Morgan fingerprint density at radius 3 is 2.82 bits per heavy atom. The van der Waals surface area contributed by atoms with Crippen LogP contribution in [0.1, 0.15) is 5.82 Å². The van der Waals surface area contributed by atoms with Crippen LogP contribution in [0.2, 0.25) is 0 Å². The standard InChI is InChI=1S/C13H13FN8/c1-8-19-20-21-22(8)11-7-9(3-4-10(11)14)17-13-16-6-5-12(15-2)18-13/h3-7H,1-2H3,(H2,15,16,17,18). The first-order chi connectivity index (χ1) is 10.7. The van der Waals surface area contributed by atoms with Crippen LogP contribution in [0.25, 0.3) is 5.69 Å². The van der Waals surface area contributed by atoms with Gasteiger partial charge in [-0.05, 0) is 41.6 Å². The van der Waals surface area contributed by atoms with Crippen LogP contribution >= 0.6 is 0 Å². The molecule has 0 spiro atoms. The molecule has 112 valence electrons. The van der Waals surface area contributed by atoms with Gasteiger partial charge in [0.2, 0.25) is 5.95 Å². The predicted molar refractivity (Wildman–Crippen MR) is 78.7 cm³/mol. The Hall–Kier alpha value is -3.10. The van der Waals surface area contributed by atoms with E-state index in [1.54, 1.807) is 38.4 Å². The topological polar surface area (TPSA) is 93.4 Å². The maximum absolute atomic E-state index is 14.0. The van der Waals surface area contributed by atoms with E-state index < -0.39 is 5.82 Å². The lowest BCUT2D eigenvalue weighted by molar-refractivity contribution is 0.605. The van der Waals surface area contributed by atoms with Crippen molar-refractivity contribution in [2.75, 3.05) is 17.7 Å². The number of anilines is 3. The highest BCUT2D eigenvalue weighted by Gasteiger charge is 2.11. The van der Waals surface area contributed by atoms with E-state index in [9.17, 15) is 4.39 Å². The molecule has 9 heteroatoms. The summed E-state index contributed by atoms with van der Waals surface area (Å²) >= 11 is 0. The van der Waals surface area contributed by atoms with E-state index in [0.29, 0.717) is 23.3 Å². The number of nitrogens with one attached hydrogen (secondary N) is 2. The van der Waals surface area contributed by atoms with Gasteiger partial charge in [-0.15, -0.1) is 5.10 Å². The highest BCUT2D eigenvalue weighted by Crippen LogP contribution is 2.21. The molecule has 0 fully saturated rings. The van der Waals surface area contributed by atoms with Gasteiger partial charge < -0.3 is 10.6 Å². The quantitative estimate of drug-likeness (QED) is 0.757. The van der Waals surface area contributed by atoms with Gasteiger partial charge in [0.05, 0.1) is 0 Å². The molecule has 2 aromatic heterocycles. The summed E-state index contributed by atoms with van der Waals surface area (Å²) < 4.78 is 15.3. The van der Waals surface area contributed by atoms with Crippen molar-refractivity contribution in [3.63, 3.8) is 0 Å². The number of aromatic nitrogens is 6. The molecule has 0 saturated carbocycles. The van der Waals surface area contributed by atoms with Crippen LogP contribution in [0.15, 0.2) is 30.5 Å². The number of tetrazole rings is 1. The van der Waals surface area contributed by atoms with Crippen LogP contribution in [0.3, 0.4) is 0 Å². The van der Waals surface area contributed by atoms with Gasteiger partial charge in [-0.25, -0.2) is 9.37 Å². The summed E-state index contributed by atoms with van der Waals surface area (Å²) in [7, 11) is 1.77. The number of halogens is 1. The third-order valence-corrected chi connectivity index (χ3v) is 2.97. The van der Waals surface area contributed by atoms with Crippen molar-refractivity contribution in [3.8, 4) is 5.69 Å². The number of nitrogens with zero attached hydrogens (tertiary/aromatic N) is 6. The Bertz CT molecular complexity index is 800. The van der Waals surface area contributed by atoms with E-state index in [0.717, 1.165) is 0 Å². The first kappa shape index (κ1) is 13.9. The van der Waals surface area contributed by atoms with E-state index in [1.165, 1.54) is 10.7 Å². The molecule has 1 aromatic carbocycles. The van der Waals surface area contributed by atoms with Gasteiger partial charge >= 0.3 is 0 Å². The highest BCUT2D eigenvalue weighted by atomic mass is 19.1. The van der Waals surface area contributed by atoms with E-state index in [-0.39, 0.29) is 5.69 Å². The second-order valence-electron chi connectivity index (χ2n) is 4.44. The van der Waals surface area contributed by atoms with Crippen molar-refractivity contribution in [1.29, 1.82) is 0 Å². The van der Waals surface area contributed by atoms with Crippen molar-refractivity contribution in [3.05, 3.63) is 42.1 Å². The van der Waals surface area contributed by atoms with Crippen molar-refractivity contribution in [1.82, 2.24) is 30.2 Å². The predicted octanol–water partition coefficient (Wildman–Crippen LogP) is 1.69.